The topological polar surface area (TPSA) is 91.8 Å². The minimum atomic E-state index is -0.908. The summed E-state index contributed by atoms with van der Waals surface area (Å²) >= 11 is 3.33. The summed E-state index contributed by atoms with van der Waals surface area (Å²) in [7, 11) is 1.50. The van der Waals surface area contributed by atoms with E-state index in [4.69, 9.17) is 19.6 Å². The van der Waals surface area contributed by atoms with Gasteiger partial charge in [-0.15, -0.1) is 0 Å². The van der Waals surface area contributed by atoms with Gasteiger partial charge in [0.2, 0.25) is 0 Å². The number of carbonyl (C=O) groups excluding carboxylic acids is 1. The fraction of sp³-hybridized carbons (Fsp3) is 0.167. The summed E-state index contributed by atoms with van der Waals surface area (Å²) in [5.41, 5.74) is 5.22. The van der Waals surface area contributed by atoms with Crippen LogP contribution in [0.25, 0.3) is 11.0 Å². The Morgan fingerprint density at radius 3 is 2.79 bits per heavy atom. The molecule has 0 unspecified atom stereocenters. The van der Waals surface area contributed by atoms with E-state index in [2.05, 4.69) is 15.9 Å². The monoisotopic (exact) mass is 327 g/mol. The van der Waals surface area contributed by atoms with Gasteiger partial charge in [0.05, 0.1) is 11.6 Å². The molecule has 0 fully saturated rings. The molecular weight excluding hydrogens is 318 g/mol. The lowest BCUT2D eigenvalue weighted by Crippen LogP contribution is -2.13. The van der Waals surface area contributed by atoms with Gasteiger partial charge in [0.15, 0.2) is 0 Å². The maximum absolute atomic E-state index is 11.4. The number of rotatable bonds is 3. The first-order valence-corrected chi connectivity index (χ1v) is 6.03. The number of fused-ring (bicyclic) bond motifs is 1. The molecule has 0 spiro atoms. The Morgan fingerprint density at radius 1 is 1.42 bits per heavy atom. The highest BCUT2D eigenvalue weighted by molar-refractivity contribution is 9.10. The van der Waals surface area contributed by atoms with E-state index in [-0.39, 0.29) is 6.61 Å². The minimum Gasteiger partial charge on any atom is -0.495 e. The van der Waals surface area contributed by atoms with Crippen molar-refractivity contribution >= 4 is 33.0 Å². The Morgan fingerprint density at radius 2 is 2.16 bits per heavy atom. The van der Waals surface area contributed by atoms with Crippen molar-refractivity contribution in [3.63, 3.8) is 0 Å². The number of amides is 1. The molecule has 0 atom stereocenters. The van der Waals surface area contributed by atoms with Crippen molar-refractivity contribution in [1.29, 1.82) is 0 Å². The van der Waals surface area contributed by atoms with E-state index in [1.165, 1.54) is 13.2 Å². The van der Waals surface area contributed by atoms with Gasteiger partial charge >= 0.3 is 11.7 Å². The van der Waals surface area contributed by atoms with Crippen molar-refractivity contribution in [3.05, 3.63) is 38.7 Å². The molecule has 1 amide bonds. The third-order valence-corrected chi connectivity index (χ3v) is 3.09. The molecule has 0 aliphatic carbocycles. The molecule has 0 bridgehead atoms. The average molecular weight is 328 g/mol. The van der Waals surface area contributed by atoms with Crippen LogP contribution in [-0.4, -0.2) is 13.2 Å². The van der Waals surface area contributed by atoms with Crippen LogP contribution in [-0.2, 0) is 11.3 Å². The summed E-state index contributed by atoms with van der Waals surface area (Å²) < 4.78 is 15.6. The maximum Gasteiger partial charge on any atom is 0.404 e. The molecule has 19 heavy (non-hydrogen) atoms. The molecule has 7 heteroatoms. The molecule has 1 heterocycles. The highest BCUT2D eigenvalue weighted by Crippen LogP contribution is 2.31. The van der Waals surface area contributed by atoms with Crippen LogP contribution in [0.15, 0.2) is 31.9 Å². The number of carbonyl (C=O) groups is 1. The van der Waals surface area contributed by atoms with Crippen LogP contribution in [0.1, 0.15) is 5.56 Å². The van der Waals surface area contributed by atoms with E-state index in [0.29, 0.717) is 26.8 Å². The lowest BCUT2D eigenvalue weighted by atomic mass is 10.1. The summed E-state index contributed by atoms with van der Waals surface area (Å²) in [5, 5.41) is 0.633. The van der Waals surface area contributed by atoms with Crippen LogP contribution in [0, 0.1) is 0 Å². The first kappa shape index (κ1) is 13.4. The van der Waals surface area contributed by atoms with E-state index in [9.17, 15) is 9.59 Å². The number of methoxy groups -OCH3 is 1. The molecular formula is C12H10BrNO5. The summed E-state index contributed by atoms with van der Waals surface area (Å²) in [4.78, 5) is 22.1. The lowest BCUT2D eigenvalue weighted by molar-refractivity contribution is 0.150. The molecule has 2 N–H and O–H groups in total. The molecule has 100 valence electrons. The van der Waals surface area contributed by atoms with Gasteiger partial charge in [0.1, 0.15) is 17.9 Å². The van der Waals surface area contributed by atoms with Crippen LogP contribution in [0.3, 0.4) is 0 Å². The van der Waals surface area contributed by atoms with Gasteiger partial charge in [-0.25, -0.2) is 9.59 Å². The number of ether oxygens (including phenoxy) is 2. The van der Waals surface area contributed by atoms with Gasteiger partial charge in [0, 0.05) is 23.1 Å². The van der Waals surface area contributed by atoms with Gasteiger partial charge in [-0.3, -0.25) is 0 Å². The maximum atomic E-state index is 11.4. The molecule has 1 aromatic carbocycles. The van der Waals surface area contributed by atoms with Crippen molar-refractivity contribution in [3.8, 4) is 5.75 Å². The van der Waals surface area contributed by atoms with E-state index < -0.39 is 11.7 Å². The highest BCUT2D eigenvalue weighted by atomic mass is 79.9. The van der Waals surface area contributed by atoms with Crippen LogP contribution in [0.4, 0.5) is 4.79 Å². The summed E-state index contributed by atoms with van der Waals surface area (Å²) in [6.07, 6.45) is -0.908. The average Bonchev–Trinajstić information content (AvgIpc) is 2.35. The fourth-order valence-corrected chi connectivity index (χ4v) is 2.16. The molecule has 2 aromatic rings. The summed E-state index contributed by atoms with van der Waals surface area (Å²) in [6.45, 7) is -0.101. The zero-order valence-electron chi connectivity index (χ0n) is 9.94. The Labute approximate surface area is 116 Å². The molecule has 0 aliphatic heterocycles. The van der Waals surface area contributed by atoms with Crippen molar-refractivity contribution < 1.29 is 18.7 Å². The fourth-order valence-electron chi connectivity index (χ4n) is 1.65. The number of hydrogen-bond acceptors (Lipinski definition) is 5. The van der Waals surface area contributed by atoms with Gasteiger partial charge in [-0.05, 0) is 22.0 Å². The summed E-state index contributed by atoms with van der Waals surface area (Å²) in [5.74, 6) is 0.531. The van der Waals surface area contributed by atoms with Crippen molar-refractivity contribution in [2.75, 3.05) is 7.11 Å². The van der Waals surface area contributed by atoms with Crippen molar-refractivity contribution in [1.82, 2.24) is 0 Å². The first-order chi connectivity index (χ1) is 9.01. The smallest absolute Gasteiger partial charge is 0.404 e. The minimum absolute atomic E-state index is 0.101. The number of nitrogens with two attached hydrogens (primary N) is 1. The second-order valence-corrected chi connectivity index (χ2v) is 4.54. The lowest BCUT2D eigenvalue weighted by Gasteiger charge is -2.08. The zero-order valence-corrected chi connectivity index (χ0v) is 11.5. The number of primary amides is 1. The zero-order chi connectivity index (χ0) is 14.0. The Kier molecular flexibility index (Phi) is 3.75. The van der Waals surface area contributed by atoms with Gasteiger partial charge in [0.25, 0.3) is 0 Å². The van der Waals surface area contributed by atoms with E-state index >= 15 is 0 Å². The third-order valence-electron chi connectivity index (χ3n) is 2.47. The molecule has 0 radical (unpaired) electrons. The molecule has 0 saturated carbocycles. The van der Waals surface area contributed by atoms with Crippen molar-refractivity contribution in [2.24, 2.45) is 5.73 Å². The van der Waals surface area contributed by atoms with Gasteiger partial charge in [-0.1, -0.05) is 0 Å². The van der Waals surface area contributed by atoms with Crippen LogP contribution in [0.5, 0.6) is 5.75 Å². The van der Waals surface area contributed by atoms with Gasteiger partial charge in [-0.2, -0.15) is 0 Å². The second-order valence-electron chi connectivity index (χ2n) is 3.68. The number of hydrogen-bond donors (Lipinski definition) is 1. The molecule has 0 saturated heterocycles. The third kappa shape index (κ3) is 2.87. The Hall–Kier alpha value is -2.02. The Balaban J connectivity index is 2.60. The van der Waals surface area contributed by atoms with E-state index in [1.807, 2.05) is 0 Å². The van der Waals surface area contributed by atoms with E-state index in [1.54, 1.807) is 12.1 Å². The van der Waals surface area contributed by atoms with Crippen LogP contribution >= 0.6 is 15.9 Å². The molecule has 2 rings (SSSR count). The largest absolute Gasteiger partial charge is 0.495 e. The van der Waals surface area contributed by atoms with E-state index in [0.717, 1.165) is 0 Å². The second kappa shape index (κ2) is 5.31. The highest BCUT2D eigenvalue weighted by Gasteiger charge is 2.11. The predicted molar refractivity (Wildman–Crippen MR) is 71.1 cm³/mol. The normalized spacial score (nSPS) is 10.4. The SMILES string of the molecule is COc1cc2oc(=O)cc(COC(N)=O)c2cc1Br. The van der Waals surface area contributed by atoms with Gasteiger partial charge < -0.3 is 19.6 Å². The number of halogens is 1. The first-order valence-electron chi connectivity index (χ1n) is 5.23. The van der Waals surface area contributed by atoms with Crippen LogP contribution in [0.2, 0.25) is 0 Å². The summed E-state index contributed by atoms with van der Waals surface area (Å²) in [6, 6.07) is 4.55. The quantitative estimate of drug-likeness (QED) is 0.872. The Bertz CT molecular complexity index is 694. The van der Waals surface area contributed by atoms with Crippen molar-refractivity contribution in [2.45, 2.75) is 6.61 Å². The standard InChI is InChI=1S/C12H10BrNO5/c1-17-10-4-9-7(3-8(10)13)6(2-11(15)19-9)5-18-12(14)16/h2-4H,5H2,1H3,(H2,14,16). The number of benzene rings is 1. The molecule has 6 nitrogen and oxygen atoms in total. The molecule has 0 aliphatic rings. The molecule has 1 aromatic heterocycles. The predicted octanol–water partition coefficient (Wildman–Crippen LogP) is 2.16. The van der Waals surface area contributed by atoms with Crippen LogP contribution < -0.4 is 16.1 Å².